The molecule has 1 fully saturated rings. The summed E-state index contributed by atoms with van der Waals surface area (Å²) in [4.78, 5) is 18.1. The van der Waals surface area contributed by atoms with Gasteiger partial charge in [0, 0.05) is 11.7 Å². The van der Waals surface area contributed by atoms with Gasteiger partial charge in [-0.25, -0.2) is 14.2 Å². The van der Waals surface area contributed by atoms with Gasteiger partial charge in [0.1, 0.15) is 11.7 Å². The minimum Gasteiger partial charge on any atom is -0.444 e. The Hall–Kier alpha value is -4.20. The zero-order valence-corrected chi connectivity index (χ0v) is 20.6. The summed E-state index contributed by atoms with van der Waals surface area (Å²) in [5.41, 5.74) is 0.770. The van der Waals surface area contributed by atoms with Crippen LogP contribution in [-0.4, -0.2) is 43.8 Å². The maximum Gasteiger partial charge on any atom is 0.407 e. The second-order valence-electron chi connectivity index (χ2n) is 9.76. The highest BCUT2D eigenvalue weighted by atomic mass is 19.1. The molecule has 1 aliphatic rings. The summed E-state index contributed by atoms with van der Waals surface area (Å²) in [5.74, 6) is -0.200. The molecule has 1 saturated carbocycles. The Morgan fingerprint density at radius 2 is 1.94 bits per heavy atom. The lowest BCUT2D eigenvalue weighted by Crippen LogP contribution is -2.47. The molecule has 10 nitrogen and oxygen atoms in total. The molecule has 0 spiro atoms. The van der Waals surface area contributed by atoms with Crippen molar-refractivity contribution in [2.75, 3.05) is 10.6 Å². The van der Waals surface area contributed by atoms with Gasteiger partial charge < -0.3 is 20.7 Å². The fourth-order valence-corrected chi connectivity index (χ4v) is 3.81. The summed E-state index contributed by atoms with van der Waals surface area (Å²) in [7, 11) is 0. The van der Waals surface area contributed by atoms with Gasteiger partial charge in [0.15, 0.2) is 17.5 Å². The molecule has 2 heterocycles. The fraction of sp³-hybridized carbons (Fsp3) is 0.400. The molecule has 1 aliphatic carbocycles. The Morgan fingerprint density at radius 3 is 2.58 bits per heavy atom. The minimum atomic E-state index is -0.651. The molecule has 188 valence electrons. The molecule has 0 radical (unpaired) electrons. The average molecular weight is 493 g/mol. The number of hydrogen-bond donors (Lipinski definition) is 3. The summed E-state index contributed by atoms with van der Waals surface area (Å²) >= 11 is 0. The molecule has 4 rings (SSSR count). The number of carbonyl (C=O) groups excluding carboxylic acids is 1. The highest BCUT2D eigenvalue weighted by molar-refractivity contribution is 5.69. The van der Waals surface area contributed by atoms with Crippen LogP contribution in [0.25, 0.3) is 5.69 Å². The van der Waals surface area contributed by atoms with Crippen molar-refractivity contribution in [1.29, 1.82) is 5.26 Å². The average Bonchev–Trinajstić information content (AvgIpc) is 3.49. The molecule has 3 N–H and O–H groups in total. The van der Waals surface area contributed by atoms with Crippen molar-refractivity contribution in [3.05, 3.63) is 54.1 Å². The van der Waals surface area contributed by atoms with Crippen LogP contribution in [0.3, 0.4) is 0 Å². The number of hydrogen-bond acceptors (Lipinski definition) is 8. The number of nitrogens with zero attached hydrogens (tertiary/aromatic N) is 5. The molecule has 2 aromatic heterocycles. The summed E-state index contributed by atoms with van der Waals surface area (Å²) in [6.07, 6.45) is 4.51. The number of anilines is 3. The fourth-order valence-electron chi connectivity index (χ4n) is 3.81. The predicted molar refractivity (Wildman–Crippen MR) is 133 cm³/mol. The highest BCUT2D eigenvalue weighted by Gasteiger charge is 2.37. The van der Waals surface area contributed by atoms with Crippen LogP contribution >= 0.6 is 0 Å². The number of amides is 1. The topological polar surface area (TPSA) is 130 Å². The number of ether oxygens (including phenoxy) is 1. The Kier molecular flexibility index (Phi) is 7.05. The smallest absolute Gasteiger partial charge is 0.407 e. The van der Waals surface area contributed by atoms with Gasteiger partial charge in [0.2, 0.25) is 0 Å². The molecular formula is C25H29FN8O2. The summed E-state index contributed by atoms with van der Waals surface area (Å²) in [6.45, 7) is 7.22. The number of benzene rings is 1. The van der Waals surface area contributed by atoms with Crippen LogP contribution in [0.2, 0.25) is 0 Å². The van der Waals surface area contributed by atoms with Crippen molar-refractivity contribution in [3.63, 3.8) is 0 Å². The molecule has 36 heavy (non-hydrogen) atoms. The van der Waals surface area contributed by atoms with Crippen LogP contribution in [0.5, 0.6) is 0 Å². The van der Waals surface area contributed by atoms with E-state index in [-0.39, 0.29) is 35.2 Å². The van der Waals surface area contributed by atoms with E-state index in [9.17, 15) is 14.4 Å². The first-order valence-corrected chi connectivity index (χ1v) is 11.7. The van der Waals surface area contributed by atoms with Crippen molar-refractivity contribution in [2.24, 2.45) is 5.92 Å². The molecule has 2 atom stereocenters. The normalized spacial score (nSPS) is 14.9. The molecule has 0 unspecified atom stereocenters. The third kappa shape index (κ3) is 6.27. The molecular weight excluding hydrogens is 463 g/mol. The maximum absolute atomic E-state index is 15.0. The number of pyridine rings is 1. The minimum absolute atomic E-state index is 0.00358. The largest absolute Gasteiger partial charge is 0.444 e. The monoisotopic (exact) mass is 492 g/mol. The molecule has 11 heteroatoms. The number of aromatic nitrogens is 4. The Morgan fingerprint density at radius 1 is 1.22 bits per heavy atom. The highest BCUT2D eigenvalue weighted by Crippen LogP contribution is 2.36. The van der Waals surface area contributed by atoms with Gasteiger partial charge in [-0.15, -0.1) is 0 Å². The van der Waals surface area contributed by atoms with Crippen LogP contribution in [0.1, 0.15) is 46.1 Å². The summed E-state index contributed by atoms with van der Waals surface area (Å²) in [6, 6.07) is 9.75. The SMILES string of the molecule is C[C@H](NC(=O)OC(C)(C)C)[C@H](Nc1nc(Nc2cccc(-n3nccn3)c2)c(C#N)cc1F)C1CC1. The van der Waals surface area contributed by atoms with Crippen molar-refractivity contribution in [2.45, 2.75) is 58.2 Å². The quantitative estimate of drug-likeness (QED) is 0.418. The van der Waals surface area contributed by atoms with Crippen LogP contribution in [-0.2, 0) is 4.74 Å². The number of carbonyl (C=O) groups is 1. The van der Waals surface area contributed by atoms with E-state index in [1.807, 2.05) is 25.1 Å². The van der Waals surface area contributed by atoms with E-state index in [4.69, 9.17) is 4.74 Å². The van der Waals surface area contributed by atoms with E-state index in [1.165, 1.54) is 4.80 Å². The first-order valence-electron chi connectivity index (χ1n) is 11.7. The summed E-state index contributed by atoms with van der Waals surface area (Å²) in [5, 5.41) is 26.9. The van der Waals surface area contributed by atoms with Crippen LogP contribution in [0.15, 0.2) is 42.7 Å². The van der Waals surface area contributed by atoms with Gasteiger partial charge in [0.25, 0.3) is 0 Å². The van der Waals surface area contributed by atoms with Crippen molar-refractivity contribution in [3.8, 4) is 11.8 Å². The zero-order valence-electron chi connectivity index (χ0n) is 20.6. The van der Waals surface area contributed by atoms with Crippen molar-refractivity contribution < 1.29 is 13.9 Å². The van der Waals surface area contributed by atoms with E-state index < -0.39 is 17.5 Å². The zero-order chi connectivity index (χ0) is 25.9. The van der Waals surface area contributed by atoms with Crippen LogP contribution in [0.4, 0.5) is 26.5 Å². The predicted octanol–water partition coefficient (Wildman–Crippen LogP) is 4.52. The molecule has 0 saturated heterocycles. The lowest BCUT2D eigenvalue weighted by molar-refractivity contribution is 0.0501. The Labute approximate surface area is 208 Å². The van der Waals surface area contributed by atoms with Crippen LogP contribution < -0.4 is 16.0 Å². The van der Waals surface area contributed by atoms with Gasteiger partial charge in [-0.2, -0.15) is 20.3 Å². The third-order valence-electron chi connectivity index (χ3n) is 5.57. The third-order valence-corrected chi connectivity index (χ3v) is 5.57. The van der Waals surface area contributed by atoms with Gasteiger partial charge in [0.05, 0.1) is 29.7 Å². The Balaban J connectivity index is 1.55. The first kappa shape index (κ1) is 24.9. The van der Waals surface area contributed by atoms with Crippen molar-refractivity contribution >= 4 is 23.4 Å². The number of alkyl carbamates (subject to hydrolysis) is 1. The number of nitriles is 1. The van der Waals surface area contributed by atoms with Gasteiger partial charge in [-0.1, -0.05) is 6.07 Å². The molecule has 0 bridgehead atoms. The standard InChI is InChI=1S/C25H29FN8O2/c1-15(30-24(35)36-25(2,3)4)21(16-8-9-16)32-23-20(26)12-17(14-27)22(33-23)31-18-6-5-7-19(13-18)34-28-10-11-29-34/h5-7,10-13,15-16,21H,8-9H2,1-4H3,(H,30,35)(H2,31,32,33)/t15-,21-/m0/s1. The van der Waals surface area contributed by atoms with Gasteiger partial charge in [-0.05, 0) is 70.7 Å². The molecule has 1 aromatic carbocycles. The van der Waals surface area contributed by atoms with Gasteiger partial charge in [-0.3, -0.25) is 0 Å². The van der Waals surface area contributed by atoms with Crippen LogP contribution in [0, 0.1) is 23.1 Å². The number of nitrogens with one attached hydrogen (secondary N) is 3. The maximum atomic E-state index is 15.0. The molecule has 3 aromatic rings. The van der Waals surface area contributed by atoms with Gasteiger partial charge >= 0.3 is 6.09 Å². The van der Waals surface area contributed by atoms with Crippen molar-refractivity contribution in [1.82, 2.24) is 25.3 Å². The van der Waals surface area contributed by atoms with E-state index in [2.05, 4.69) is 31.1 Å². The second kappa shape index (κ2) is 10.2. The lowest BCUT2D eigenvalue weighted by atomic mass is 10.0. The second-order valence-corrected chi connectivity index (χ2v) is 9.76. The van der Waals surface area contributed by atoms with E-state index in [0.29, 0.717) is 11.4 Å². The van der Waals surface area contributed by atoms with E-state index in [0.717, 1.165) is 18.9 Å². The number of halogens is 1. The molecule has 1 amide bonds. The number of rotatable bonds is 8. The van der Waals surface area contributed by atoms with E-state index >= 15 is 0 Å². The Bertz CT molecular complexity index is 1260. The summed E-state index contributed by atoms with van der Waals surface area (Å²) < 4.78 is 20.3. The first-order chi connectivity index (χ1) is 17.1. The molecule has 0 aliphatic heterocycles. The van der Waals surface area contributed by atoms with E-state index in [1.54, 1.807) is 45.3 Å². The lowest BCUT2D eigenvalue weighted by Gasteiger charge is -2.28.